The van der Waals surface area contributed by atoms with Crippen LogP contribution in [-0.4, -0.2) is 48.0 Å². The molecule has 1 aromatic heterocycles. The van der Waals surface area contributed by atoms with Gasteiger partial charge in [-0.25, -0.2) is 13.1 Å². The molecule has 2 heterocycles. The summed E-state index contributed by atoms with van der Waals surface area (Å²) in [4.78, 5) is 13.0. The highest BCUT2D eigenvalue weighted by Gasteiger charge is 2.27. The van der Waals surface area contributed by atoms with Gasteiger partial charge in [0.05, 0.1) is 16.3 Å². The second-order valence-electron chi connectivity index (χ2n) is 8.82. The number of para-hydroxylation sites is 1. The molecule has 34 heavy (non-hydrogen) atoms. The fourth-order valence-electron chi connectivity index (χ4n) is 4.29. The highest BCUT2D eigenvalue weighted by atomic mass is 32.2. The van der Waals surface area contributed by atoms with Crippen molar-refractivity contribution in [1.82, 2.24) is 19.4 Å². The van der Waals surface area contributed by atoms with Crippen LogP contribution in [0.3, 0.4) is 0 Å². The van der Waals surface area contributed by atoms with Crippen LogP contribution in [0.2, 0.25) is 0 Å². The normalized spacial score (nSPS) is 14.8. The second-order valence-corrected chi connectivity index (χ2v) is 10.8. The topological polar surface area (TPSA) is 84.3 Å². The summed E-state index contributed by atoms with van der Waals surface area (Å²) in [5.74, 6) is -0.245. The van der Waals surface area contributed by atoms with Crippen molar-refractivity contribution in [2.45, 2.75) is 50.8 Å². The molecule has 1 fully saturated rings. The van der Waals surface area contributed by atoms with E-state index in [-0.39, 0.29) is 10.8 Å². The Morgan fingerprint density at radius 2 is 1.76 bits per heavy atom. The Hall–Kier alpha value is -2.97. The van der Waals surface area contributed by atoms with Crippen LogP contribution in [0.5, 0.6) is 0 Å². The van der Waals surface area contributed by atoms with Crippen molar-refractivity contribution in [1.29, 1.82) is 0 Å². The molecule has 1 aliphatic rings. The van der Waals surface area contributed by atoms with Crippen LogP contribution >= 0.6 is 0 Å². The molecule has 1 saturated heterocycles. The van der Waals surface area contributed by atoms with Gasteiger partial charge in [0.2, 0.25) is 10.0 Å². The number of amides is 1. The van der Waals surface area contributed by atoms with Crippen LogP contribution in [-0.2, 0) is 16.4 Å². The number of carbonyl (C=O) groups is 1. The molecular weight excluding hydrogens is 448 g/mol. The molecule has 180 valence electrons. The van der Waals surface area contributed by atoms with Gasteiger partial charge in [0, 0.05) is 31.4 Å². The average molecular weight is 481 g/mol. The van der Waals surface area contributed by atoms with Crippen LogP contribution in [0.1, 0.15) is 52.9 Å². The largest absolute Gasteiger partial charge is 0.352 e. The predicted octanol–water partition coefficient (Wildman–Crippen LogP) is 4.03. The summed E-state index contributed by atoms with van der Waals surface area (Å²) in [5.41, 5.74) is 4.30. The number of nitrogens with one attached hydrogen (secondary N) is 1. The minimum atomic E-state index is -3.58. The van der Waals surface area contributed by atoms with Crippen molar-refractivity contribution in [3.05, 3.63) is 77.1 Å². The van der Waals surface area contributed by atoms with E-state index < -0.39 is 10.0 Å². The lowest BCUT2D eigenvalue weighted by molar-refractivity contribution is 0.0952. The van der Waals surface area contributed by atoms with E-state index in [0.717, 1.165) is 54.6 Å². The van der Waals surface area contributed by atoms with Crippen LogP contribution in [0, 0.1) is 13.8 Å². The van der Waals surface area contributed by atoms with Gasteiger partial charge in [0.1, 0.15) is 0 Å². The molecule has 0 saturated carbocycles. The second kappa shape index (κ2) is 10.5. The van der Waals surface area contributed by atoms with Crippen LogP contribution in [0.4, 0.5) is 0 Å². The number of hydrogen-bond acceptors (Lipinski definition) is 4. The van der Waals surface area contributed by atoms with Gasteiger partial charge in [-0.3, -0.25) is 4.79 Å². The number of benzene rings is 2. The van der Waals surface area contributed by atoms with Crippen LogP contribution in [0.25, 0.3) is 5.69 Å². The van der Waals surface area contributed by atoms with Gasteiger partial charge in [-0.1, -0.05) is 30.7 Å². The highest BCUT2D eigenvalue weighted by Crippen LogP contribution is 2.23. The van der Waals surface area contributed by atoms with Gasteiger partial charge < -0.3 is 5.32 Å². The fraction of sp³-hybridized carbons (Fsp3) is 0.385. The third-order valence-electron chi connectivity index (χ3n) is 6.34. The zero-order valence-electron chi connectivity index (χ0n) is 19.8. The van der Waals surface area contributed by atoms with Crippen LogP contribution in [0.15, 0.2) is 59.6 Å². The van der Waals surface area contributed by atoms with E-state index >= 15 is 0 Å². The number of sulfonamides is 1. The molecule has 0 spiro atoms. The predicted molar refractivity (Wildman–Crippen MR) is 133 cm³/mol. The van der Waals surface area contributed by atoms with E-state index in [1.807, 2.05) is 55.1 Å². The third kappa shape index (κ3) is 5.39. The number of aryl methyl sites for hydroxylation is 3. The maximum atomic E-state index is 13.0. The van der Waals surface area contributed by atoms with E-state index in [4.69, 9.17) is 0 Å². The molecule has 0 unspecified atom stereocenters. The van der Waals surface area contributed by atoms with Gasteiger partial charge in [-0.2, -0.15) is 9.40 Å². The lowest BCUT2D eigenvalue weighted by atomic mass is 10.1. The first-order valence-electron chi connectivity index (χ1n) is 11.9. The van der Waals surface area contributed by atoms with E-state index in [2.05, 4.69) is 10.4 Å². The molecule has 0 bridgehead atoms. The third-order valence-corrected chi connectivity index (χ3v) is 8.23. The molecule has 4 rings (SSSR count). The zero-order chi connectivity index (χ0) is 24.1. The average Bonchev–Trinajstić information content (AvgIpc) is 3.23. The first-order chi connectivity index (χ1) is 16.4. The Balaban J connectivity index is 1.36. The van der Waals surface area contributed by atoms with Gasteiger partial charge in [-0.05, 0) is 74.9 Å². The summed E-state index contributed by atoms with van der Waals surface area (Å²) in [6.07, 6.45) is 6.40. The standard InChI is InChI=1S/C26H32N4O3S/c1-20-13-14-24(34(32,33)29-16-7-4-8-17-29)18-25(20)26(31)27-15-9-10-22-19-30(28-21(22)2)23-11-5-3-6-12-23/h3,5-6,11-14,18-19H,4,7-10,15-17H2,1-2H3,(H,27,31). The van der Waals surface area contributed by atoms with E-state index in [1.54, 1.807) is 12.1 Å². The summed E-state index contributed by atoms with van der Waals surface area (Å²) >= 11 is 0. The molecule has 1 amide bonds. The lowest BCUT2D eigenvalue weighted by Gasteiger charge is -2.26. The summed E-state index contributed by atoms with van der Waals surface area (Å²) < 4.78 is 29.4. The number of hydrogen-bond donors (Lipinski definition) is 1. The smallest absolute Gasteiger partial charge is 0.251 e. The molecule has 1 aliphatic heterocycles. The summed E-state index contributed by atoms with van der Waals surface area (Å²) in [6, 6.07) is 14.8. The van der Waals surface area contributed by atoms with Gasteiger partial charge >= 0.3 is 0 Å². The lowest BCUT2D eigenvalue weighted by Crippen LogP contribution is -2.35. The number of carbonyl (C=O) groups excluding carboxylic acids is 1. The van der Waals surface area contributed by atoms with Crippen molar-refractivity contribution < 1.29 is 13.2 Å². The minimum Gasteiger partial charge on any atom is -0.352 e. The van der Waals surface area contributed by atoms with Crippen molar-refractivity contribution in [3.63, 3.8) is 0 Å². The maximum absolute atomic E-state index is 13.0. The maximum Gasteiger partial charge on any atom is 0.251 e. The number of nitrogens with zero attached hydrogens (tertiary/aromatic N) is 3. The summed E-state index contributed by atoms with van der Waals surface area (Å²) in [7, 11) is -3.58. The van der Waals surface area contributed by atoms with Crippen molar-refractivity contribution in [2.75, 3.05) is 19.6 Å². The fourth-order valence-corrected chi connectivity index (χ4v) is 5.83. The van der Waals surface area contributed by atoms with Gasteiger partial charge in [-0.15, -0.1) is 0 Å². The van der Waals surface area contributed by atoms with E-state index in [0.29, 0.717) is 25.2 Å². The van der Waals surface area contributed by atoms with Crippen molar-refractivity contribution >= 4 is 15.9 Å². The molecule has 8 heteroatoms. The minimum absolute atomic E-state index is 0.189. The molecule has 2 aromatic carbocycles. The van der Waals surface area contributed by atoms with Gasteiger partial charge in [0.15, 0.2) is 0 Å². The number of rotatable bonds is 8. The van der Waals surface area contributed by atoms with Gasteiger partial charge in [0.25, 0.3) is 5.91 Å². The Morgan fingerprint density at radius 3 is 2.50 bits per heavy atom. The first kappa shape index (κ1) is 24.2. The van der Waals surface area contributed by atoms with E-state index in [1.165, 1.54) is 10.4 Å². The number of aromatic nitrogens is 2. The molecular formula is C26H32N4O3S. The Bertz CT molecular complexity index is 1250. The quantitative estimate of drug-likeness (QED) is 0.494. The SMILES string of the molecule is Cc1ccc(S(=O)(=O)N2CCCCC2)cc1C(=O)NCCCc1cn(-c2ccccc2)nc1C. The van der Waals surface area contributed by atoms with Crippen molar-refractivity contribution in [3.8, 4) is 5.69 Å². The molecule has 7 nitrogen and oxygen atoms in total. The molecule has 1 N–H and O–H groups in total. The highest BCUT2D eigenvalue weighted by molar-refractivity contribution is 7.89. The van der Waals surface area contributed by atoms with E-state index in [9.17, 15) is 13.2 Å². The first-order valence-corrected chi connectivity index (χ1v) is 13.3. The Morgan fingerprint density at radius 1 is 1.03 bits per heavy atom. The molecule has 0 radical (unpaired) electrons. The Labute approximate surface area is 201 Å². The molecule has 0 aliphatic carbocycles. The van der Waals surface area contributed by atoms with Crippen molar-refractivity contribution in [2.24, 2.45) is 0 Å². The summed E-state index contributed by atoms with van der Waals surface area (Å²) in [6.45, 7) is 5.39. The monoisotopic (exact) mass is 480 g/mol. The Kier molecular flexibility index (Phi) is 7.48. The zero-order valence-corrected chi connectivity index (χ0v) is 20.6. The van der Waals surface area contributed by atoms with Crippen LogP contribution < -0.4 is 5.32 Å². The number of piperidine rings is 1. The molecule has 3 aromatic rings. The molecule has 0 atom stereocenters. The summed E-state index contributed by atoms with van der Waals surface area (Å²) in [5, 5.41) is 7.55.